The molecule has 0 bridgehead atoms. The first-order chi connectivity index (χ1) is 13.8. The van der Waals surface area contributed by atoms with Crippen molar-refractivity contribution in [2.45, 2.75) is 18.0 Å². The van der Waals surface area contributed by atoms with Crippen molar-refractivity contribution < 1.29 is 17.6 Å². The van der Waals surface area contributed by atoms with E-state index in [9.17, 15) is 17.6 Å². The molecule has 0 spiro atoms. The molecule has 0 atom stereocenters. The maximum atomic E-state index is 13.2. The van der Waals surface area contributed by atoms with Gasteiger partial charge in [0.05, 0.1) is 28.7 Å². The molecular formula is C17H14ClFN6O3S. The number of rotatable bonds is 7. The van der Waals surface area contributed by atoms with Crippen molar-refractivity contribution in [3.8, 4) is 0 Å². The molecule has 2 aromatic heterocycles. The van der Waals surface area contributed by atoms with Crippen LogP contribution in [0.4, 0.5) is 4.39 Å². The lowest BCUT2D eigenvalue weighted by molar-refractivity contribution is 0.0943. The summed E-state index contributed by atoms with van der Waals surface area (Å²) in [4.78, 5) is 19.9. The molecule has 9 nitrogen and oxygen atoms in total. The number of halogens is 2. The van der Waals surface area contributed by atoms with Crippen LogP contribution in [0.2, 0.25) is 5.02 Å². The van der Waals surface area contributed by atoms with E-state index in [0.717, 1.165) is 18.2 Å². The molecule has 0 aliphatic heterocycles. The maximum absolute atomic E-state index is 13.2. The molecule has 150 valence electrons. The predicted molar refractivity (Wildman–Crippen MR) is 101 cm³/mol. The van der Waals surface area contributed by atoms with E-state index in [2.05, 4.69) is 30.2 Å². The number of amides is 1. The van der Waals surface area contributed by atoms with Crippen LogP contribution in [0.1, 0.15) is 22.0 Å². The van der Waals surface area contributed by atoms with Crippen molar-refractivity contribution in [2.75, 3.05) is 0 Å². The van der Waals surface area contributed by atoms with Gasteiger partial charge in [-0.25, -0.2) is 27.5 Å². The monoisotopic (exact) mass is 436 g/mol. The highest BCUT2D eigenvalue weighted by molar-refractivity contribution is 7.89. The molecule has 2 heterocycles. The number of aromatic nitrogens is 4. The van der Waals surface area contributed by atoms with Crippen molar-refractivity contribution >= 4 is 27.5 Å². The van der Waals surface area contributed by atoms with E-state index in [-0.39, 0.29) is 34.4 Å². The first-order valence-corrected chi connectivity index (χ1v) is 10.0. The summed E-state index contributed by atoms with van der Waals surface area (Å²) in [6.07, 6.45) is 3.12. The smallest absolute Gasteiger partial charge is 0.272 e. The third kappa shape index (κ3) is 5.50. The molecule has 12 heteroatoms. The van der Waals surface area contributed by atoms with Gasteiger partial charge in [0, 0.05) is 12.4 Å². The van der Waals surface area contributed by atoms with Crippen LogP contribution in [0.5, 0.6) is 0 Å². The topological polar surface area (TPSA) is 127 Å². The second-order valence-electron chi connectivity index (χ2n) is 5.66. The lowest BCUT2D eigenvalue weighted by atomic mass is 10.3. The Kier molecular flexibility index (Phi) is 6.42. The largest absolute Gasteiger partial charge is 0.343 e. The Hall–Kier alpha value is -3.02. The van der Waals surface area contributed by atoms with E-state index >= 15 is 0 Å². The van der Waals surface area contributed by atoms with Crippen LogP contribution >= 0.6 is 11.6 Å². The highest BCUT2D eigenvalue weighted by atomic mass is 35.5. The molecule has 3 rings (SSSR count). The molecule has 0 aliphatic carbocycles. The number of nitrogens with one attached hydrogen (secondary N) is 2. The minimum Gasteiger partial charge on any atom is -0.343 e. The highest BCUT2D eigenvalue weighted by Crippen LogP contribution is 2.19. The van der Waals surface area contributed by atoms with Crippen molar-refractivity contribution in [3.05, 3.63) is 76.8 Å². The summed E-state index contributed by atoms with van der Waals surface area (Å²) in [5.74, 6) is -0.747. The van der Waals surface area contributed by atoms with Gasteiger partial charge in [-0.2, -0.15) is 5.10 Å². The minimum atomic E-state index is -3.93. The first-order valence-electron chi connectivity index (χ1n) is 8.16. The van der Waals surface area contributed by atoms with Gasteiger partial charge in [-0.05, 0) is 36.4 Å². The standard InChI is InChI=1S/C17H14ClFN6O3S/c18-13-8-12(3-4-14(13)19)29(27,28)23-9-11-2-5-15(25-24-11)17(26)22-10-16-20-6-1-7-21-16/h1-8,23H,9-10H2,(H,22,26). The number of sulfonamides is 1. The van der Waals surface area contributed by atoms with Crippen LogP contribution in [0, 0.1) is 5.82 Å². The summed E-state index contributed by atoms with van der Waals surface area (Å²) in [5, 5.41) is 9.91. The molecule has 1 aromatic carbocycles. The van der Waals surface area contributed by atoms with Crippen molar-refractivity contribution in [1.82, 2.24) is 30.2 Å². The van der Waals surface area contributed by atoms with Gasteiger partial charge in [0.2, 0.25) is 10.0 Å². The van der Waals surface area contributed by atoms with E-state index in [0.29, 0.717) is 5.82 Å². The van der Waals surface area contributed by atoms with Crippen LogP contribution < -0.4 is 10.0 Å². The summed E-state index contributed by atoms with van der Waals surface area (Å²) in [6, 6.07) is 7.60. The molecule has 0 aliphatic rings. The number of hydrogen-bond acceptors (Lipinski definition) is 7. The number of carbonyl (C=O) groups is 1. The Bertz CT molecular complexity index is 1110. The lowest BCUT2D eigenvalue weighted by Crippen LogP contribution is -2.26. The fourth-order valence-corrected chi connectivity index (χ4v) is 3.41. The first kappa shape index (κ1) is 20.7. The zero-order valence-electron chi connectivity index (χ0n) is 14.7. The Labute approximate surface area is 170 Å². The van der Waals surface area contributed by atoms with E-state index in [1.807, 2.05) is 0 Å². The molecule has 0 radical (unpaired) electrons. The van der Waals surface area contributed by atoms with Crippen LogP contribution in [-0.2, 0) is 23.1 Å². The van der Waals surface area contributed by atoms with Gasteiger partial charge in [0.25, 0.3) is 5.91 Å². The van der Waals surface area contributed by atoms with E-state index in [1.54, 1.807) is 18.5 Å². The van der Waals surface area contributed by atoms with Gasteiger partial charge in [-0.1, -0.05) is 11.6 Å². The number of hydrogen-bond donors (Lipinski definition) is 2. The predicted octanol–water partition coefficient (Wildman–Crippen LogP) is 1.47. The zero-order valence-corrected chi connectivity index (χ0v) is 16.3. The van der Waals surface area contributed by atoms with Crippen LogP contribution in [0.25, 0.3) is 0 Å². The van der Waals surface area contributed by atoms with Gasteiger partial charge >= 0.3 is 0 Å². The van der Waals surface area contributed by atoms with Crippen LogP contribution in [0.15, 0.2) is 53.7 Å². The number of carbonyl (C=O) groups excluding carboxylic acids is 1. The SMILES string of the molecule is O=C(NCc1ncccn1)c1ccc(CNS(=O)(=O)c2ccc(F)c(Cl)c2)nn1. The van der Waals surface area contributed by atoms with E-state index in [4.69, 9.17) is 11.6 Å². The second-order valence-corrected chi connectivity index (χ2v) is 7.83. The van der Waals surface area contributed by atoms with Gasteiger partial charge in [0.1, 0.15) is 11.6 Å². The molecule has 0 unspecified atom stereocenters. The third-order valence-corrected chi connectivity index (χ3v) is 5.31. The fourth-order valence-electron chi connectivity index (χ4n) is 2.14. The summed E-state index contributed by atoms with van der Waals surface area (Å²) in [7, 11) is -3.93. The van der Waals surface area contributed by atoms with Crippen molar-refractivity contribution in [1.29, 1.82) is 0 Å². The van der Waals surface area contributed by atoms with E-state index < -0.39 is 21.7 Å². The van der Waals surface area contributed by atoms with Gasteiger partial charge < -0.3 is 5.32 Å². The average Bonchev–Trinajstić information content (AvgIpc) is 2.73. The minimum absolute atomic E-state index is 0.0536. The Morgan fingerprint density at radius 2 is 1.83 bits per heavy atom. The zero-order chi connectivity index (χ0) is 20.9. The number of nitrogens with zero attached hydrogens (tertiary/aromatic N) is 4. The molecule has 0 saturated heterocycles. The molecule has 2 N–H and O–H groups in total. The summed E-state index contributed by atoms with van der Waals surface area (Å²) >= 11 is 5.61. The van der Waals surface area contributed by atoms with Crippen molar-refractivity contribution in [3.63, 3.8) is 0 Å². The quantitative estimate of drug-likeness (QED) is 0.574. The van der Waals surface area contributed by atoms with Gasteiger partial charge in [-0.3, -0.25) is 4.79 Å². The molecular weight excluding hydrogens is 423 g/mol. The van der Waals surface area contributed by atoms with Gasteiger partial charge in [-0.15, -0.1) is 5.10 Å². The normalized spacial score (nSPS) is 11.2. The third-order valence-electron chi connectivity index (χ3n) is 3.62. The molecule has 3 aromatic rings. The number of benzene rings is 1. The van der Waals surface area contributed by atoms with Gasteiger partial charge in [0.15, 0.2) is 5.69 Å². The van der Waals surface area contributed by atoms with Crippen LogP contribution in [-0.4, -0.2) is 34.5 Å². The fraction of sp³-hybridized carbons (Fsp3) is 0.118. The second kappa shape index (κ2) is 8.99. The van der Waals surface area contributed by atoms with Crippen molar-refractivity contribution in [2.24, 2.45) is 0 Å². The molecule has 0 saturated carbocycles. The molecule has 29 heavy (non-hydrogen) atoms. The van der Waals surface area contributed by atoms with Crippen LogP contribution in [0.3, 0.4) is 0 Å². The lowest BCUT2D eigenvalue weighted by Gasteiger charge is -2.07. The Morgan fingerprint density at radius 3 is 2.48 bits per heavy atom. The Morgan fingerprint density at radius 1 is 1.07 bits per heavy atom. The summed E-state index contributed by atoms with van der Waals surface area (Å²) in [5.41, 5.74) is 0.336. The van der Waals surface area contributed by atoms with E-state index in [1.165, 1.54) is 12.1 Å². The molecule has 0 fully saturated rings. The summed E-state index contributed by atoms with van der Waals surface area (Å²) in [6.45, 7) is -0.0484. The average molecular weight is 437 g/mol. The highest BCUT2D eigenvalue weighted by Gasteiger charge is 2.16. The Balaban J connectivity index is 1.58. The summed E-state index contributed by atoms with van der Waals surface area (Å²) < 4.78 is 40.0. The molecule has 1 amide bonds. The maximum Gasteiger partial charge on any atom is 0.272 e.